The molecule has 0 spiro atoms. The van der Waals surface area contributed by atoms with Crippen molar-refractivity contribution in [3.05, 3.63) is 66.4 Å². The molecule has 0 bridgehead atoms. The van der Waals surface area contributed by atoms with Gasteiger partial charge >= 0.3 is 0 Å². The van der Waals surface area contributed by atoms with Crippen molar-refractivity contribution in [3.8, 4) is 0 Å². The monoisotopic (exact) mass is 319 g/mol. The second kappa shape index (κ2) is 6.42. The van der Waals surface area contributed by atoms with Gasteiger partial charge in [-0.1, -0.05) is 24.8 Å². The first-order valence-corrected chi connectivity index (χ1v) is 7.49. The maximum Gasteiger partial charge on any atom is 0.257 e. The zero-order valence-electron chi connectivity index (χ0n) is 13.2. The van der Waals surface area contributed by atoms with Crippen molar-refractivity contribution in [3.63, 3.8) is 0 Å². The summed E-state index contributed by atoms with van der Waals surface area (Å²) in [6, 6.07) is 13.0. The van der Waals surface area contributed by atoms with Crippen LogP contribution in [-0.4, -0.2) is 11.8 Å². The van der Waals surface area contributed by atoms with Crippen LogP contribution in [0.4, 0.5) is 17.1 Å². The Morgan fingerprint density at radius 2 is 1.83 bits per heavy atom. The molecule has 120 valence electrons. The van der Waals surface area contributed by atoms with Crippen LogP contribution in [0.5, 0.6) is 0 Å². The van der Waals surface area contributed by atoms with E-state index >= 15 is 0 Å². The molecule has 5 nitrogen and oxygen atoms in total. The molecule has 3 rings (SSSR count). The van der Waals surface area contributed by atoms with Gasteiger partial charge in [-0.3, -0.25) is 9.59 Å². The highest BCUT2D eigenvalue weighted by molar-refractivity contribution is 6.31. The van der Waals surface area contributed by atoms with Gasteiger partial charge in [-0.2, -0.15) is 0 Å². The lowest BCUT2D eigenvalue weighted by Crippen LogP contribution is -2.06. The SMILES string of the molecule is C=Cc1ccc2c(c1)NC(=O)/C2=C\Nc1ccc(NC(C)=O)cc1. The molecule has 0 fully saturated rings. The van der Waals surface area contributed by atoms with Crippen LogP contribution in [0.15, 0.2) is 55.2 Å². The lowest BCUT2D eigenvalue weighted by molar-refractivity contribution is -0.114. The van der Waals surface area contributed by atoms with Crippen molar-refractivity contribution in [1.82, 2.24) is 0 Å². The third kappa shape index (κ3) is 3.20. The van der Waals surface area contributed by atoms with E-state index in [0.29, 0.717) is 5.57 Å². The molecular weight excluding hydrogens is 302 g/mol. The van der Waals surface area contributed by atoms with Crippen molar-refractivity contribution < 1.29 is 9.59 Å². The minimum Gasteiger partial charge on any atom is -0.361 e. The zero-order chi connectivity index (χ0) is 17.1. The van der Waals surface area contributed by atoms with Crippen LogP contribution >= 0.6 is 0 Å². The highest BCUT2D eigenvalue weighted by Gasteiger charge is 2.23. The van der Waals surface area contributed by atoms with E-state index < -0.39 is 0 Å². The van der Waals surface area contributed by atoms with E-state index in [1.807, 2.05) is 30.3 Å². The fourth-order valence-electron chi connectivity index (χ4n) is 2.49. The first-order valence-electron chi connectivity index (χ1n) is 7.49. The maximum absolute atomic E-state index is 12.1. The first kappa shape index (κ1) is 15.6. The average Bonchev–Trinajstić information content (AvgIpc) is 2.88. The molecule has 0 aliphatic carbocycles. The topological polar surface area (TPSA) is 70.2 Å². The molecule has 5 heteroatoms. The quantitative estimate of drug-likeness (QED) is 0.753. The van der Waals surface area contributed by atoms with E-state index in [2.05, 4.69) is 22.5 Å². The van der Waals surface area contributed by atoms with E-state index in [-0.39, 0.29) is 11.8 Å². The van der Waals surface area contributed by atoms with Gasteiger partial charge in [0.15, 0.2) is 0 Å². The minimum absolute atomic E-state index is 0.115. The third-order valence-electron chi connectivity index (χ3n) is 3.65. The number of carbonyl (C=O) groups excluding carboxylic acids is 2. The summed E-state index contributed by atoms with van der Waals surface area (Å²) in [6.07, 6.45) is 3.42. The fourth-order valence-corrected chi connectivity index (χ4v) is 2.49. The Morgan fingerprint density at radius 1 is 1.12 bits per heavy atom. The van der Waals surface area contributed by atoms with Crippen molar-refractivity contribution in [2.75, 3.05) is 16.0 Å². The van der Waals surface area contributed by atoms with Crippen molar-refractivity contribution in [1.29, 1.82) is 0 Å². The second-order valence-electron chi connectivity index (χ2n) is 5.42. The molecule has 0 atom stereocenters. The highest BCUT2D eigenvalue weighted by Crippen LogP contribution is 2.32. The molecule has 2 aromatic carbocycles. The molecule has 0 radical (unpaired) electrons. The van der Waals surface area contributed by atoms with Crippen LogP contribution in [0.3, 0.4) is 0 Å². The molecule has 1 heterocycles. The number of fused-ring (bicyclic) bond motifs is 1. The number of hydrogen-bond donors (Lipinski definition) is 3. The average molecular weight is 319 g/mol. The molecule has 0 saturated heterocycles. The molecule has 1 aliphatic rings. The molecule has 24 heavy (non-hydrogen) atoms. The summed E-state index contributed by atoms with van der Waals surface area (Å²) in [5.74, 6) is -0.260. The standard InChI is InChI=1S/C19H17N3O2/c1-3-13-4-9-16-17(19(24)22-18(16)10-13)11-20-14-5-7-15(8-6-14)21-12(2)23/h3-11,20H,1H2,2H3,(H,21,23)(H,22,24)/b17-11-. The molecule has 2 aromatic rings. The molecule has 3 N–H and O–H groups in total. The lowest BCUT2D eigenvalue weighted by Gasteiger charge is -2.05. The molecule has 2 amide bonds. The normalized spacial score (nSPS) is 14.0. The lowest BCUT2D eigenvalue weighted by atomic mass is 10.1. The largest absolute Gasteiger partial charge is 0.361 e. The third-order valence-corrected chi connectivity index (χ3v) is 3.65. The second-order valence-corrected chi connectivity index (χ2v) is 5.42. The minimum atomic E-state index is -0.145. The molecule has 1 aliphatic heterocycles. The Hall–Kier alpha value is -3.34. The van der Waals surface area contributed by atoms with E-state index in [1.165, 1.54) is 6.92 Å². The van der Waals surface area contributed by atoms with Crippen LogP contribution in [-0.2, 0) is 9.59 Å². The predicted octanol–water partition coefficient (Wildman–Crippen LogP) is 3.69. The summed E-state index contributed by atoms with van der Waals surface area (Å²) < 4.78 is 0. The van der Waals surface area contributed by atoms with Crippen LogP contribution in [0.25, 0.3) is 11.6 Å². The fraction of sp³-hybridized carbons (Fsp3) is 0.0526. The Balaban J connectivity index is 1.79. The molecule has 0 aromatic heterocycles. The van der Waals surface area contributed by atoms with Crippen LogP contribution in [0, 0.1) is 0 Å². The number of carbonyl (C=O) groups is 2. The van der Waals surface area contributed by atoms with Gasteiger partial charge in [-0.15, -0.1) is 0 Å². The van der Waals surface area contributed by atoms with Crippen LogP contribution in [0.1, 0.15) is 18.1 Å². The number of hydrogen-bond acceptors (Lipinski definition) is 3. The van der Waals surface area contributed by atoms with Crippen molar-refractivity contribution in [2.24, 2.45) is 0 Å². The Bertz CT molecular complexity index is 851. The van der Waals surface area contributed by atoms with Crippen molar-refractivity contribution in [2.45, 2.75) is 6.92 Å². The summed E-state index contributed by atoms with van der Waals surface area (Å²) in [6.45, 7) is 5.19. The summed E-state index contributed by atoms with van der Waals surface area (Å²) in [7, 11) is 0. The first-order chi connectivity index (χ1) is 11.6. The van der Waals surface area contributed by atoms with Crippen molar-refractivity contribution >= 4 is 40.5 Å². The van der Waals surface area contributed by atoms with Gasteiger partial charge in [0.2, 0.25) is 5.91 Å². The molecule has 0 saturated carbocycles. The number of amides is 2. The van der Waals surface area contributed by atoms with Gasteiger partial charge in [0, 0.05) is 35.7 Å². The number of nitrogens with one attached hydrogen (secondary N) is 3. The number of benzene rings is 2. The highest BCUT2D eigenvalue weighted by atomic mass is 16.2. The molecular formula is C19H17N3O2. The summed E-state index contributed by atoms with van der Waals surface area (Å²) >= 11 is 0. The zero-order valence-corrected chi connectivity index (χ0v) is 13.2. The van der Waals surface area contributed by atoms with Gasteiger partial charge in [-0.05, 0) is 35.9 Å². The Morgan fingerprint density at radius 3 is 2.50 bits per heavy atom. The maximum atomic E-state index is 12.1. The van der Waals surface area contributed by atoms with Gasteiger partial charge in [0.1, 0.15) is 0 Å². The van der Waals surface area contributed by atoms with E-state index in [9.17, 15) is 9.59 Å². The summed E-state index contributed by atoms with van der Waals surface area (Å²) in [5.41, 5.74) is 4.71. The summed E-state index contributed by atoms with van der Waals surface area (Å²) in [5, 5.41) is 8.66. The van der Waals surface area contributed by atoms with E-state index in [1.54, 1.807) is 24.4 Å². The Kier molecular flexibility index (Phi) is 4.16. The van der Waals surface area contributed by atoms with E-state index in [0.717, 1.165) is 28.2 Å². The van der Waals surface area contributed by atoms with Gasteiger partial charge < -0.3 is 16.0 Å². The predicted molar refractivity (Wildman–Crippen MR) is 97.5 cm³/mol. The van der Waals surface area contributed by atoms with E-state index in [4.69, 9.17) is 0 Å². The summed E-state index contributed by atoms with van der Waals surface area (Å²) in [4.78, 5) is 23.1. The van der Waals surface area contributed by atoms with Gasteiger partial charge in [-0.25, -0.2) is 0 Å². The Labute approximate surface area is 140 Å². The van der Waals surface area contributed by atoms with Crippen LogP contribution in [0.2, 0.25) is 0 Å². The van der Waals surface area contributed by atoms with Gasteiger partial charge in [0.25, 0.3) is 5.91 Å². The molecule has 0 unspecified atom stereocenters. The number of rotatable bonds is 4. The van der Waals surface area contributed by atoms with Crippen LogP contribution < -0.4 is 16.0 Å². The number of anilines is 3. The smallest absolute Gasteiger partial charge is 0.257 e. The van der Waals surface area contributed by atoms with Gasteiger partial charge in [0.05, 0.1) is 5.57 Å².